The maximum atomic E-state index is 14.6. The second-order valence-electron chi connectivity index (χ2n) is 8.38. The molecule has 168 valence electrons. The summed E-state index contributed by atoms with van der Waals surface area (Å²) < 4.78 is 29.1. The van der Waals surface area contributed by atoms with Crippen molar-refractivity contribution in [1.29, 1.82) is 0 Å². The number of nitrogens with one attached hydrogen (secondary N) is 1. The number of para-hydroxylation sites is 1. The van der Waals surface area contributed by atoms with E-state index in [4.69, 9.17) is 0 Å². The molecular formula is C24H25F2N3O2S. The molecule has 0 radical (unpaired) electrons. The molecule has 8 heteroatoms. The highest BCUT2D eigenvalue weighted by molar-refractivity contribution is 7.99. The number of nitrogens with zero attached hydrogens (tertiary/aromatic N) is 2. The first-order valence-corrected chi connectivity index (χ1v) is 11.7. The van der Waals surface area contributed by atoms with Crippen LogP contribution in [0.3, 0.4) is 0 Å². The summed E-state index contributed by atoms with van der Waals surface area (Å²) in [6.07, 6.45) is 3.19. The molecule has 3 atom stereocenters. The minimum Gasteiger partial charge on any atom is -0.352 e. The van der Waals surface area contributed by atoms with E-state index in [0.29, 0.717) is 22.7 Å². The molecule has 4 rings (SSSR count). The Bertz CT molecular complexity index is 1210. The Morgan fingerprint density at radius 1 is 1.19 bits per heavy atom. The Hall–Kier alpha value is -2.74. The van der Waals surface area contributed by atoms with Gasteiger partial charge in [0.15, 0.2) is 5.16 Å². The largest absolute Gasteiger partial charge is 0.352 e. The Morgan fingerprint density at radius 3 is 2.75 bits per heavy atom. The molecule has 0 spiro atoms. The van der Waals surface area contributed by atoms with Crippen LogP contribution in [0.15, 0.2) is 52.4 Å². The van der Waals surface area contributed by atoms with Crippen LogP contribution in [0.1, 0.15) is 33.1 Å². The van der Waals surface area contributed by atoms with E-state index in [9.17, 15) is 18.4 Å². The third kappa shape index (κ3) is 4.55. The highest BCUT2D eigenvalue weighted by Gasteiger charge is 2.28. The van der Waals surface area contributed by atoms with Gasteiger partial charge in [-0.25, -0.2) is 13.8 Å². The second kappa shape index (κ2) is 9.40. The topological polar surface area (TPSA) is 64.0 Å². The number of rotatable bonds is 5. The summed E-state index contributed by atoms with van der Waals surface area (Å²) in [6, 6.07) is 9.89. The number of hydrogen-bond donors (Lipinski definition) is 1. The van der Waals surface area contributed by atoms with Crippen LogP contribution in [0.4, 0.5) is 8.78 Å². The predicted octanol–water partition coefficient (Wildman–Crippen LogP) is 4.70. The highest BCUT2D eigenvalue weighted by atomic mass is 32.2. The molecule has 3 aromatic rings. The van der Waals surface area contributed by atoms with Crippen molar-refractivity contribution in [3.8, 4) is 5.69 Å². The van der Waals surface area contributed by atoms with Crippen molar-refractivity contribution >= 4 is 28.6 Å². The van der Waals surface area contributed by atoms with Crippen LogP contribution in [0.25, 0.3) is 16.6 Å². The van der Waals surface area contributed by atoms with Crippen molar-refractivity contribution in [2.75, 3.05) is 5.75 Å². The van der Waals surface area contributed by atoms with Gasteiger partial charge in [0.05, 0.1) is 22.3 Å². The number of halogens is 2. The lowest BCUT2D eigenvalue weighted by atomic mass is 9.78. The average Bonchev–Trinajstić information content (AvgIpc) is 2.76. The van der Waals surface area contributed by atoms with Crippen LogP contribution in [0.2, 0.25) is 0 Å². The quantitative estimate of drug-likeness (QED) is 0.446. The maximum Gasteiger partial charge on any atom is 0.266 e. The van der Waals surface area contributed by atoms with Crippen molar-refractivity contribution in [1.82, 2.24) is 14.9 Å². The van der Waals surface area contributed by atoms with Crippen LogP contribution in [0, 0.1) is 23.5 Å². The van der Waals surface area contributed by atoms with Gasteiger partial charge >= 0.3 is 0 Å². The predicted molar refractivity (Wildman–Crippen MR) is 122 cm³/mol. The van der Waals surface area contributed by atoms with E-state index < -0.39 is 17.2 Å². The van der Waals surface area contributed by atoms with Gasteiger partial charge in [0.25, 0.3) is 5.56 Å². The molecule has 1 heterocycles. The summed E-state index contributed by atoms with van der Waals surface area (Å²) in [5.41, 5.74) is -0.125. The lowest BCUT2D eigenvalue weighted by Gasteiger charge is -2.34. The first kappa shape index (κ1) is 22.5. The number of carbonyl (C=O) groups excluding carboxylic acids is 1. The zero-order valence-corrected chi connectivity index (χ0v) is 18.8. The molecule has 1 amide bonds. The first-order valence-electron chi connectivity index (χ1n) is 10.7. The van der Waals surface area contributed by atoms with E-state index in [0.717, 1.165) is 41.3 Å². The van der Waals surface area contributed by atoms with Crippen LogP contribution < -0.4 is 10.9 Å². The fourth-order valence-electron chi connectivity index (χ4n) is 4.25. The zero-order chi connectivity index (χ0) is 22.8. The molecule has 1 aliphatic rings. The van der Waals surface area contributed by atoms with Crippen molar-refractivity contribution in [2.45, 2.75) is 44.3 Å². The number of thioether (sulfide) groups is 1. The molecule has 1 fully saturated rings. The van der Waals surface area contributed by atoms with E-state index in [1.807, 2.05) is 0 Å². The van der Waals surface area contributed by atoms with Gasteiger partial charge in [0.1, 0.15) is 11.6 Å². The number of hydrogen-bond acceptors (Lipinski definition) is 4. The molecule has 0 aliphatic heterocycles. The molecule has 1 N–H and O–H groups in total. The Kier molecular flexibility index (Phi) is 6.60. The standard InChI is InChI=1S/C24H25F2N3O2S/c1-14-6-5-9-19(15(14)2)27-22(30)13-32-24-28-20-8-4-3-7-17(20)23(31)29(24)21-11-10-16(25)12-18(21)26/h3-4,7-8,10-12,14-15,19H,5-6,9,13H2,1-2H3,(H,27,30)/t14-,15+,19+/m0/s1. The monoisotopic (exact) mass is 457 g/mol. The summed E-state index contributed by atoms with van der Waals surface area (Å²) in [4.78, 5) is 30.4. The second-order valence-corrected chi connectivity index (χ2v) is 9.32. The minimum atomic E-state index is -0.875. The van der Waals surface area contributed by atoms with E-state index in [1.54, 1.807) is 24.3 Å². The fourth-order valence-corrected chi connectivity index (χ4v) is 5.07. The summed E-state index contributed by atoms with van der Waals surface area (Å²) in [5, 5.41) is 3.60. The molecule has 2 aromatic carbocycles. The summed E-state index contributed by atoms with van der Waals surface area (Å²) >= 11 is 1.06. The fraction of sp³-hybridized carbons (Fsp3) is 0.375. The summed E-state index contributed by atoms with van der Waals surface area (Å²) in [6.45, 7) is 4.36. The molecule has 32 heavy (non-hydrogen) atoms. The van der Waals surface area contributed by atoms with Crippen molar-refractivity contribution in [3.63, 3.8) is 0 Å². The number of carbonyl (C=O) groups is 1. The smallest absolute Gasteiger partial charge is 0.266 e. The lowest BCUT2D eigenvalue weighted by Crippen LogP contribution is -2.44. The molecule has 0 saturated heterocycles. The molecule has 5 nitrogen and oxygen atoms in total. The molecule has 0 unspecified atom stereocenters. The van der Waals surface area contributed by atoms with E-state index in [2.05, 4.69) is 24.1 Å². The van der Waals surface area contributed by atoms with Gasteiger partial charge in [-0.15, -0.1) is 0 Å². The van der Waals surface area contributed by atoms with Gasteiger partial charge in [0.2, 0.25) is 5.91 Å². The molecular weight excluding hydrogens is 432 g/mol. The average molecular weight is 458 g/mol. The van der Waals surface area contributed by atoms with Gasteiger partial charge < -0.3 is 5.32 Å². The molecule has 1 saturated carbocycles. The summed E-state index contributed by atoms with van der Waals surface area (Å²) in [7, 11) is 0. The molecule has 1 aliphatic carbocycles. The van der Waals surface area contributed by atoms with Gasteiger partial charge in [0, 0.05) is 12.1 Å². The first-order chi connectivity index (χ1) is 15.3. The van der Waals surface area contributed by atoms with Crippen LogP contribution in [-0.2, 0) is 4.79 Å². The van der Waals surface area contributed by atoms with E-state index in [1.165, 1.54) is 12.5 Å². The number of aromatic nitrogens is 2. The Labute approximate surface area is 189 Å². The normalized spacial score (nSPS) is 20.9. The molecule has 1 aromatic heterocycles. The number of amides is 1. The Balaban J connectivity index is 1.64. The van der Waals surface area contributed by atoms with Crippen LogP contribution >= 0.6 is 11.8 Å². The third-order valence-corrected chi connectivity index (χ3v) is 7.22. The Morgan fingerprint density at radius 2 is 1.97 bits per heavy atom. The minimum absolute atomic E-state index is 0.0329. The van der Waals surface area contributed by atoms with E-state index in [-0.39, 0.29) is 28.5 Å². The van der Waals surface area contributed by atoms with Crippen LogP contribution in [-0.4, -0.2) is 27.3 Å². The number of fused-ring (bicyclic) bond motifs is 1. The summed E-state index contributed by atoms with van der Waals surface area (Å²) in [5.74, 6) is -0.795. The van der Waals surface area contributed by atoms with Crippen molar-refractivity contribution in [3.05, 3.63) is 64.5 Å². The number of benzene rings is 2. The van der Waals surface area contributed by atoms with Crippen molar-refractivity contribution in [2.24, 2.45) is 11.8 Å². The highest BCUT2D eigenvalue weighted by Crippen LogP contribution is 2.30. The van der Waals surface area contributed by atoms with Crippen molar-refractivity contribution < 1.29 is 13.6 Å². The molecule has 0 bridgehead atoms. The third-order valence-electron chi connectivity index (χ3n) is 6.28. The SMILES string of the molecule is C[C@@H]1[C@@H](C)CCC[C@H]1NC(=O)CSc1nc2ccccc2c(=O)n1-c1ccc(F)cc1F. The lowest BCUT2D eigenvalue weighted by molar-refractivity contribution is -0.120. The van der Waals surface area contributed by atoms with Gasteiger partial charge in [-0.05, 0) is 42.5 Å². The van der Waals surface area contributed by atoms with E-state index >= 15 is 0 Å². The zero-order valence-electron chi connectivity index (χ0n) is 18.0. The van der Waals surface area contributed by atoms with Crippen LogP contribution in [0.5, 0.6) is 0 Å². The van der Waals surface area contributed by atoms with Gasteiger partial charge in [-0.2, -0.15) is 0 Å². The maximum absolute atomic E-state index is 14.6. The van der Waals surface area contributed by atoms with Gasteiger partial charge in [-0.1, -0.05) is 50.6 Å². The van der Waals surface area contributed by atoms with Gasteiger partial charge in [-0.3, -0.25) is 14.2 Å².